The predicted octanol–water partition coefficient (Wildman–Crippen LogP) is 1.61. The van der Waals surface area contributed by atoms with Crippen LogP contribution in [0, 0.1) is 10.8 Å². The maximum Gasteiger partial charge on any atom is 0.290 e. The van der Waals surface area contributed by atoms with Crippen LogP contribution in [0.3, 0.4) is 0 Å². The predicted molar refractivity (Wildman–Crippen MR) is 71.9 cm³/mol. The van der Waals surface area contributed by atoms with E-state index in [1.54, 1.807) is 32.2 Å². The van der Waals surface area contributed by atoms with E-state index >= 15 is 0 Å². The summed E-state index contributed by atoms with van der Waals surface area (Å²) in [5, 5.41) is 2.94. The highest BCUT2D eigenvalue weighted by Crippen LogP contribution is 2.35. The molecule has 0 aromatic heterocycles. The minimum Gasteiger partial charge on any atom is -0.398 e. The van der Waals surface area contributed by atoms with Gasteiger partial charge in [0.15, 0.2) is 0 Å². The molecule has 1 heterocycles. The van der Waals surface area contributed by atoms with Gasteiger partial charge < -0.3 is 5.73 Å². The van der Waals surface area contributed by atoms with Crippen LogP contribution < -0.4 is 5.73 Å². The molecule has 2 N–H and O–H groups in total. The number of hydrazine groups is 2. The van der Waals surface area contributed by atoms with Crippen molar-refractivity contribution in [3.05, 3.63) is 33.7 Å². The number of nitroso groups, excluding NO2 is 1. The summed E-state index contributed by atoms with van der Waals surface area (Å²) in [6.45, 7) is 1.79. The summed E-state index contributed by atoms with van der Waals surface area (Å²) in [6.07, 6.45) is 0. The molecular weight excluding hydrogens is 268 g/mol. The van der Waals surface area contributed by atoms with Crippen molar-refractivity contribution in [3.63, 3.8) is 0 Å². The van der Waals surface area contributed by atoms with Crippen molar-refractivity contribution < 1.29 is 9.77 Å². The van der Waals surface area contributed by atoms with Gasteiger partial charge in [-0.05, 0) is 22.7 Å². The maximum absolute atomic E-state index is 12.0. The molecule has 0 saturated carbocycles. The number of nitrogens with zero attached hydrogens (tertiary/aromatic N) is 3. The van der Waals surface area contributed by atoms with Crippen molar-refractivity contribution in [2.24, 2.45) is 5.92 Å². The monoisotopic (exact) mass is 283 g/mol. The summed E-state index contributed by atoms with van der Waals surface area (Å²) in [5.41, 5.74) is 6.93. The van der Waals surface area contributed by atoms with Crippen LogP contribution >= 0.6 is 11.6 Å². The fraction of sp³-hybridized carbons (Fsp3) is 0.417. The van der Waals surface area contributed by atoms with Crippen molar-refractivity contribution in [2.75, 3.05) is 19.8 Å². The van der Waals surface area contributed by atoms with Gasteiger partial charge in [-0.2, -0.15) is 0 Å². The highest BCUT2D eigenvalue weighted by atomic mass is 35.5. The molecule has 2 atom stereocenters. The fourth-order valence-electron chi connectivity index (χ4n) is 2.39. The number of carbonyl (C=O) groups is 1. The van der Waals surface area contributed by atoms with Gasteiger partial charge in [-0.3, -0.25) is 4.79 Å². The quantitative estimate of drug-likeness (QED) is 0.628. The van der Waals surface area contributed by atoms with Crippen molar-refractivity contribution in [3.8, 4) is 0 Å². The third kappa shape index (κ3) is 2.12. The average molecular weight is 284 g/mol. The van der Waals surface area contributed by atoms with E-state index < -0.39 is 0 Å². The molecule has 19 heavy (non-hydrogen) atoms. The van der Waals surface area contributed by atoms with Crippen LogP contribution in [-0.4, -0.2) is 35.0 Å². The molecule has 1 aromatic carbocycles. The SMILES string of the molecule is CC1C(=O)N(C)[N+](=O)N(C)C1c1ccc(N)c(Cl)c1. The largest absolute Gasteiger partial charge is 0.398 e. The van der Waals surface area contributed by atoms with Gasteiger partial charge in [-0.1, -0.05) is 24.6 Å². The molecule has 1 amide bonds. The molecule has 1 aliphatic heterocycles. The van der Waals surface area contributed by atoms with E-state index in [2.05, 4.69) is 0 Å². The lowest BCUT2D eigenvalue weighted by Crippen LogP contribution is -2.55. The van der Waals surface area contributed by atoms with Crippen LogP contribution in [0.1, 0.15) is 18.5 Å². The number of hydrogen-bond acceptors (Lipinski definition) is 3. The third-order valence-electron chi connectivity index (χ3n) is 3.48. The number of nitrogens with two attached hydrogens (primary N) is 1. The first-order valence-corrected chi connectivity index (χ1v) is 6.24. The summed E-state index contributed by atoms with van der Waals surface area (Å²) in [6, 6.07) is 4.79. The smallest absolute Gasteiger partial charge is 0.290 e. The Morgan fingerprint density at radius 2 is 2.00 bits per heavy atom. The number of amides is 1. The van der Waals surface area contributed by atoms with Gasteiger partial charge >= 0.3 is 0 Å². The lowest BCUT2D eigenvalue weighted by Gasteiger charge is -2.32. The van der Waals surface area contributed by atoms with E-state index in [4.69, 9.17) is 17.3 Å². The minimum absolute atomic E-state index is 0.231. The number of carbonyl (C=O) groups excluding carboxylic acids is 1. The topological polar surface area (TPSA) is 69.7 Å². The zero-order valence-electron chi connectivity index (χ0n) is 11.0. The van der Waals surface area contributed by atoms with Crippen molar-refractivity contribution in [1.29, 1.82) is 0 Å². The van der Waals surface area contributed by atoms with E-state index in [0.29, 0.717) is 15.7 Å². The molecular formula is C12H16ClN4O2+. The molecule has 6 nitrogen and oxygen atoms in total. The van der Waals surface area contributed by atoms with Gasteiger partial charge in [0.2, 0.25) is 0 Å². The highest BCUT2D eigenvalue weighted by molar-refractivity contribution is 6.33. The number of nitrogen functional groups attached to an aromatic ring is 1. The van der Waals surface area contributed by atoms with Crippen LogP contribution in [0.5, 0.6) is 0 Å². The number of benzene rings is 1. The fourth-order valence-corrected chi connectivity index (χ4v) is 2.58. The lowest BCUT2D eigenvalue weighted by atomic mass is 9.92. The molecule has 1 saturated heterocycles. The van der Waals surface area contributed by atoms with E-state index in [1.807, 2.05) is 0 Å². The summed E-state index contributed by atoms with van der Waals surface area (Å²) >= 11 is 6.00. The van der Waals surface area contributed by atoms with Gasteiger partial charge in [0, 0.05) is 0 Å². The molecule has 2 unspecified atom stereocenters. The Hall–Kier alpha value is -1.82. The molecule has 1 aliphatic rings. The minimum atomic E-state index is -0.362. The van der Waals surface area contributed by atoms with Crippen LogP contribution in [0.4, 0.5) is 5.69 Å². The van der Waals surface area contributed by atoms with Gasteiger partial charge in [0.05, 0.1) is 35.6 Å². The zero-order chi connectivity index (χ0) is 14.3. The zero-order valence-corrected chi connectivity index (χ0v) is 11.8. The van der Waals surface area contributed by atoms with Gasteiger partial charge in [0.1, 0.15) is 6.04 Å². The van der Waals surface area contributed by atoms with Crippen LogP contribution in [-0.2, 0) is 4.79 Å². The van der Waals surface area contributed by atoms with E-state index in [-0.39, 0.29) is 17.9 Å². The summed E-state index contributed by atoms with van der Waals surface area (Å²) in [4.78, 5) is 24.5. The van der Waals surface area contributed by atoms with Crippen LogP contribution in [0.15, 0.2) is 18.2 Å². The van der Waals surface area contributed by atoms with Gasteiger partial charge in [-0.15, -0.1) is 5.01 Å². The lowest BCUT2D eigenvalue weighted by molar-refractivity contribution is -0.823. The van der Waals surface area contributed by atoms with Crippen LogP contribution in [0.25, 0.3) is 0 Å². The molecule has 7 heteroatoms. The first kappa shape index (κ1) is 13.6. The summed E-state index contributed by atoms with van der Waals surface area (Å²) in [7, 11) is 3.09. The molecule has 1 aromatic rings. The van der Waals surface area contributed by atoms with Crippen molar-refractivity contribution >= 4 is 23.2 Å². The molecule has 2 rings (SSSR count). The molecule has 0 aliphatic carbocycles. The van der Waals surface area contributed by atoms with Crippen molar-refractivity contribution in [1.82, 2.24) is 10.0 Å². The Labute approximate surface area is 116 Å². The molecule has 102 valence electrons. The second kappa shape index (κ2) is 4.70. The molecule has 0 bridgehead atoms. The van der Waals surface area contributed by atoms with Crippen molar-refractivity contribution in [2.45, 2.75) is 13.0 Å². The van der Waals surface area contributed by atoms with E-state index in [9.17, 15) is 9.70 Å². The standard InChI is InChI=1S/C12H16ClN4O2/c1-7-11(8-4-5-10(14)9(13)6-8)15(2)17(19)16(3)12(7)18/h4-7,11H,14H2,1-3H3/q+1. The molecule has 1 fully saturated rings. The number of halogens is 1. The second-order valence-corrected chi connectivity index (χ2v) is 5.11. The van der Waals surface area contributed by atoms with E-state index in [0.717, 1.165) is 10.6 Å². The highest BCUT2D eigenvalue weighted by Gasteiger charge is 2.48. The summed E-state index contributed by atoms with van der Waals surface area (Å²) < 4.78 is 0. The molecule has 0 radical (unpaired) electrons. The van der Waals surface area contributed by atoms with Gasteiger partial charge in [0.25, 0.3) is 10.9 Å². The maximum atomic E-state index is 12.0. The number of hydrogen-bond donors (Lipinski definition) is 1. The Bertz CT molecular complexity index is 527. The average Bonchev–Trinajstić information content (AvgIpc) is 2.38. The van der Waals surface area contributed by atoms with Crippen LogP contribution in [0.2, 0.25) is 5.02 Å². The first-order valence-electron chi connectivity index (χ1n) is 5.87. The normalized spacial score (nSPS) is 24.0. The summed E-state index contributed by atoms with van der Waals surface area (Å²) in [5.74, 6) is -0.578. The Morgan fingerprint density at radius 3 is 2.58 bits per heavy atom. The Kier molecular flexibility index (Phi) is 3.36. The van der Waals surface area contributed by atoms with E-state index in [1.165, 1.54) is 12.1 Å². The number of anilines is 1. The third-order valence-corrected chi connectivity index (χ3v) is 3.80. The molecule has 0 spiro atoms. The van der Waals surface area contributed by atoms with Gasteiger partial charge in [-0.25, -0.2) is 0 Å². The Morgan fingerprint density at radius 1 is 1.37 bits per heavy atom. The second-order valence-electron chi connectivity index (χ2n) is 4.70. The number of rotatable bonds is 1. The first-order chi connectivity index (χ1) is 8.84. The Balaban J connectivity index is 2.44.